The van der Waals surface area contributed by atoms with Gasteiger partial charge in [0.05, 0.1) is 6.54 Å². The summed E-state index contributed by atoms with van der Waals surface area (Å²) >= 11 is 0. The van der Waals surface area contributed by atoms with Gasteiger partial charge in [0.25, 0.3) is 0 Å². The second kappa shape index (κ2) is 5.98. The van der Waals surface area contributed by atoms with Gasteiger partial charge < -0.3 is 10.6 Å². The van der Waals surface area contributed by atoms with Crippen LogP contribution in [0.25, 0.3) is 0 Å². The molecule has 0 spiro atoms. The van der Waals surface area contributed by atoms with Crippen LogP contribution in [0.4, 0.5) is 5.69 Å². The van der Waals surface area contributed by atoms with Crippen molar-refractivity contribution in [2.45, 2.75) is 19.9 Å². The topological polar surface area (TPSA) is 44.4 Å². The normalized spacial score (nSPS) is 20.7. The lowest BCUT2D eigenvalue weighted by Crippen LogP contribution is -2.51. The summed E-state index contributed by atoms with van der Waals surface area (Å²) in [6.45, 7) is 7.46. The molecule has 0 aromatic heterocycles. The van der Waals surface area contributed by atoms with Crippen molar-refractivity contribution in [3.63, 3.8) is 0 Å². The Morgan fingerprint density at radius 3 is 3.11 bits per heavy atom. The number of carbonyl (C=O) groups is 1. The predicted octanol–water partition coefficient (Wildman–Crippen LogP) is 1.23. The molecule has 98 valence electrons. The molecule has 1 aliphatic heterocycles. The summed E-state index contributed by atoms with van der Waals surface area (Å²) < 4.78 is 0. The van der Waals surface area contributed by atoms with Crippen molar-refractivity contribution in [1.29, 1.82) is 0 Å². The average Bonchev–Trinajstić information content (AvgIpc) is 2.28. The van der Waals surface area contributed by atoms with Crippen LogP contribution in [-0.2, 0) is 4.79 Å². The fourth-order valence-electron chi connectivity index (χ4n) is 2.28. The van der Waals surface area contributed by atoms with Gasteiger partial charge in [-0.3, -0.25) is 9.69 Å². The number of aryl methyl sites for hydroxylation is 1. The minimum Gasteiger partial charge on any atom is -0.325 e. The number of nitrogens with zero attached hydrogens (tertiary/aromatic N) is 1. The van der Waals surface area contributed by atoms with Crippen LogP contribution < -0.4 is 10.6 Å². The molecule has 1 amide bonds. The smallest absolute Gasteiger partial charge is 0.238 e. The molecule has 2 rings (SSSR count). The first-order valence-electron chi connectivity index (χ1n) is 6.46. The van der Waals surface area contributed by atoms with Crippen molar-refractivity contribution in [3.05, 3.63) is 29.8 Å². The number of anilines is 1. The van der Waals surface area contributed by atoms with Crippen molar-refractivity contribution >= 4 is 11.6 Å². The Bertz CT molecular complexity index is 419. The van der Waals surface area contributed by atoms with Crippen LogP contribution in [0.5, 0.6) is 0 Å². The van der Waals surface area contributed by atoms with Crippen LogP contribution in [0.1, 0.15) is 12.5 Å². The number of benzene rings is 1. The summed E-state index contributed by atoms with van der Waals surface area (Å²) in [7, 11) is 0. The van der Waals surface area contributed by atoms with Crippen LogP contribution in [0.2, 0.25) is 0 Å². The molecule has 4 heteroatoms. The number of amides is 1. The first kappa shape index (κ1) is 13.1. The van der Waals surface area contributed by atoms with E-state index in [1.807, 2.05) is 31.2 Å². The SMILES string of the molecule is Cc1cccc(NC(=O)CN2CCN[C@H](C)C2)c1. The molecule has 1 saturated heterocycles. The number of piperazine rings is 1. The summed E-state index contributed by atoms with van der Waals surface area (Å²) in [6.07, 6.45) is 0. The van der Waals surface area contributed by atoms with Gasteiger partial charge in [-0.25, -0.2) is 0 Å². The number of rotatable bonds is 3. The van der Waals surface area contributed by atoms with Gasteiger partial charge >= 0.3 is 0 Å². The maximum absolute atomic E-state index is 11.9. The molecule has 0 radical (unpaired) electrons. The van der Waals surface area contributed by atoms with Gasteiger partial charge in [0.2, 0.25) is 5.91 Å². The molecule has 0 aliphatic carbocycles. The summed E-state index contributed by atoms with van der Waals surface area (Å²) in [6, 6.07) is 8.35. The molecule has 1 heterocycles. The van der Waals surface area contributed by atoms with Gasteiger partial charge in [-0.1, -0.05) is 12.1 Å². The Labute approximate surface area is 108 Å². The molecule has 1 aromatic carbocycles. The molecule has 1 aliphatic rings. The summed E-state index contributed by atoms with van der Waals surface area (Å²) in [4.78, 5) is 14.1. The Kier molecular flexibility index (Phi) is 4.33. The van der Waals surface area contributed by atoms with Crippen molar-refractivity contribution < 1.29 is 4.79 Å². The highest BCUT2D eigenvalue weighted by molar-refractivity contribution is 5.92. The van der Waals surface area contributed by atoms with Crippen LogP contribution in [0.3, 0.4) is 0 Å². The highest BCUT2D eigenvalue weighted by Gasteiger charge is 2.17. The van der Waals surface area contributed by atoms with E-state index in [2.05, 4.69) is 22.5 Å². The number of carbonyl (C=O) groups excluding carboxylic acids is 1. The molecule has 0 saturated carbocycles. The van der Waals surface area contributed by atoms with E-state index < -0.39 is 0 Å². The number of hydrogen-bond acceptors (Lipinski definition) is 3. The fourth-order valence-corrected chi connectivity index (χ4v) is 2.28. The van der Waals surface area contributed by atoms with Gasteiger partial charge in [-0.15, -0.1) is 0 Å². The maximum Gasteiger partial charge on any atom is 0.238 e. The number of hydrogen-bond donors (Lipinski definition) is 2. The Morgan fingerprint density at radius 2 is 2.39 bits per heavy atom. The molecule has 1 atom stereocenters. The van der Waals surface area contributed by atoms with E-state index in [0.717, 1.165) is 30.9 Å². The lowest BCUT2D eigenvalue weighted by Gasteiger charge is -2.31. The van der Waals surface area contributed by atoms with Crippen LogP contribution in [-0.4, -0.2) is 43.0 Å². The minimum atomic E-state index is 0.0645. The van der Waals surface area contributed by atoms with Gasteiger partial charge in [-0.05, 0) is 31.5 Å². The predicted molar refractivity (Wildman–Crippen MR) is 73.7 cm³/mol. The molecule has 0 unspecified atom stereocenters. The van der Waals surface area contributed by atoms with E-state index in [9.17, 15) is 4.79 Å². The molecule has 2 N–H and O–H groups in total. The molecular weight excluding hydrogens is 226 g/mol. The third kappa shape index (κ3) is 3.82. The zero-order valence-electron chi connectivity index (χ0n) is 11.1. The van der Waals surface area contributed by atoms with Gasteiger partial charge in [0.15, 0.2) is 0 Å². The molecule has 18 heavy (non-hydrogen) atoms. The van der Waals surface area contributed by atoms with E-state index in [1.54, 1.807) is 0 Å². The zero-order chi connectivity index (χ0) is 13.0. The lowest BCUT2D eigenvalue weighted by molar-refractivity contribution is -0.117. The van der Waals surface area contributed by atoms with Crippen LogP contribution in [0, 0.1) is 6.92 Å². The van der Waals surface area contributed by atoms with Crippen LogP contribution >= 0.6 is 0 Å². The largest absolute Gasteiger partial charge is 0.325 e. The van der Waals surface area contributed by atoms with E-state index in [0.29, 0.717) is 12.6 Å². The van der Waals surface area contributed by atoms with Crippen molar-refractivity contribution in [2.75, 3.05) is 31.5 Å². The highest BCUT2D eigenvalue weighted by Crippen LogP contribution is 2.09. The van der Waals surface area contributed by atoms with Crippen LogP contribution in [0.15, 0.2) is 24.3 Å². The molecule has 4 nitrogen and oxygen atoms in total. The third-order valence-corrected chi connectivity index (χ3v) is 3.12. The lowest BCUT2D eigenvalue weighted by atomic mass is 10.2. The fraction of sp³-hybridized carbons (Fsp3) is 0.500. The van der Waals surface area contributed by atoms with E-state index >= 15 is 0 Å². The molecule has 0 bridgehead atoms. The van der Waals surface area contributed by atoms with Gasteiger partial charge in [0.1, 0.15) is 0 Å². The molecule has 1 fully saturated rings. The average molecular weight is 247 g/mol. The molecular formula is C14H21N3O. The Balaban J connectivity index is 1.85. The van der Waals surface area contributed by atoms with Crippen molar-refractivity contribution in [1.82, 2.24) is 10.2 Å². The molecule has 1 aromatic rings. The summed E-state index contributed by atoms with van der Waals surface area (Å²) in [5.74, 6) is 0.0645. The van der Waals surface area contributed by atoms with Gasteiger partial charge in [-0.2, -0.15) is 0 Å². The quantitative estimate of drug-likeness (QED) is 0.844. The Hall–Kier alpha value is -1.39. The van der Waals surface area contributed by atoms with E-state index in [-0.39, 0.29) is 5.91 Å². The highest BCUT2D eigenvalue weighted by atomic mass is 16.2. The zero-order valence-corrected chi connectivity index (χ0v) is 11.1. The van der Waals surface area contributed by atoms with E-state index in [4.69, 9.17) is 0 Å². The second-order valence-corrected chi connectivity index (χ2v) is 5.01. The first-order chi connectivity index (χ1) is 8.63. The minimum absolute atomic E-state index is 0.0645. The summed E-state index contributed by atoms with van der Waals surface area (Å²) in [5.41, 5.74) is 2.03. The second-order valence-electron chi connectivity index (χ2n) is 5.01. The third-order valence-electron chi connectivity index (χ3n) is 3.12. The van der Waals surface area contributed by atoms with Crippen molar-refractivity contribution in [2.24, 2.45) is 0 Å². The Morgan fingerprint density at radius 1 is 1.56 bits per heavy atom. The monoisotopic (exact) mass is 247 g/mol. The van der Waals surface area contributed by atoms with E-state index in [1.165, 1.54) is 0 Å². The standard InChI is InChI=1S/C14H21N3O/c1-11-4-3-5-13(8-11)16-14(18)10-17-7-6-15-12(2)9-17/h3-5,8,12,15H,6-7,9-10H2,1-2H3,(H,16,18)/t12-/m1/s1. The first-order valence-corrected chi connectivity index (χ1v) is 6.46. The number of nitrogens with one attached hydrogen (secondary N) is 2. The van der Waals surface area contributed by atoms with Gasteiger partial charge in [0, 0.05) is 31.4 Å². The van der Waals surface area contributed by atoms with Crippen molar-refractivity contribution in [3.8, 4) is 0 Å². The summed E-state index contributed by atoms with van der Waals surface area (Å²) in [5, 5.41) is 6.31. The maximum atomic E-state index is 11.9.